The zero-order valence-corrected chi connectivity index (χ0v) is 12.9. The summed E-state index contributed by atoms with van der Waals surface area (Å²) >= 11 is 6.02. The van der Waals surface area contributed by atoms with Gasteiger partial charge in [0.25, 0.3) is 0 Å². The van der Waals surface area contributed by atoms with Crippen LogP contribution in [0.25, 0.3) is 0 Å². The van der Waals surface area contributed by atoms with Crippen molar-refractivity contribution < 1.29 is 0 Å². The molecule has 3 rings (SSSR count). The topological polar surface area (TPSA) is 15.3 Å². The minimum atomic E-state index is 0.577. The summed E-state index contributed by atoms with van der Waals surface area (Å²) in [5.74, 6) is 0. The van der Waals surface area contributed by atoms with E-state index < -0.39 is 0 Å². The average molecular weight is 301 g/mol. The first-order valence-corrected chi connectivity index (χ1v) is 7.91. The van der Waals surface area contributed by atoms with Gasteiger partial charge in [-0.25, -0.2) is 0 Å². The van der Waals surface area contributed by atoms with E-state index in [0.29, 0.717) is 6.04 Å². The molecule has 1 heterocycles. The number of nitrogens with one attached hydrogen (secondary N) is 1. The van der Waals surface area contributed by atoms with Gasteiger partial charge in [0.2, 0.25) is 0 Å². The van der Waals surface area contributed by atoms with Crippen molar-refractivity contribution in [3.63, 3.8) is 0 Å². The lowest BCUT2D eigenvalue weighted by molar-refractivity contribution is 0.320. The second-order valence-corrected chi connectivity index (χ2v) is 6.15. The minimum Gasteiger partial charge on any atom is -0.309 e. The first-order valence-electron chi connectivity index (χ1n) is 7.54. The van der Waals surface area contributed by atoms with Crippen molar-refractivity contribution in [3.05, 3.63) is 70.7 Å². The summed E-state index contributed by atoms with van der Waals surface area (Å²) in [4.78, 5) is 2.52. The lowest BCUT2D eigenvalue weighted by Gasteiger charge is -2.17. The fourth-order valence-corrected chi connectivity index (χ4v) is 3.11. The number of benzene rings is 2. The molecule has 1 aliphatic rings. The van der Waals surface area contributed by atoms with Crippen LogP contribution in [0.1, 0.15) is 17.5 Å². The molecule has 0 spiro atoms. The van der Waals surface area contributed by atoms with E-state index in [9.17, 15) is 0 Å². The first-order chi connectivity index (χ1) is 10.3. The molecule has 1 saturated heterocycles. The summed E-state index contributed by atoms with van der Waals surface area (Å²) < 4.78 is 0. The highest BCUT2D eigenvalue weighted by Gasteiger charge is 2.21. The molecule has 0 radical (unpaired) electrons. The standard InChI is InChI=1S/C18H21ClN2/c19-17-8-4-7-16(11-17)12-20-18-9-10-21(14-18)13-15-5-2-1-3-6-15/h1-8,11,18,20H,9-10,12-14H2. The predicted molar refractivity (Wildman–Crippen MR) is 88.4 cm³/mol. The Kier molecular flexibility index (Phi) is 4.91. The summed E-state index contributed by atoms with van der Waals surface area (Å²) in [5.41, 5.74) is 2.65. The smallest absolute Gasteiger partial charge is 0.0409 e. The Hall–Kier alpha value is -1.35. The number of likely N-dealkylation sites (tertiary alicyclic amines) is 1. The molecule has 21 heavy (non-hydrogen) atoms. The van der Waals surface area contributed by atoms with E-state index in [-0.39, 0.29) is 0 Å². The maximum atomic E-state index is 6.02. The number of halogens is 1. The Labute approximate surface area is 131 Å². The molecule has 2 aromatic rings. The summed E-state index contributed by atoms with van der Waals surface area (Å²) in [6.07, 6.45) is 1.22. The van der Waals surface area contributed by atoms with Gasteiger partial charge in [-0.1, -0.05) is 54.1 Å². The number of nitrogens with zero attached hydrogens (tertiary/aromatic N) is 1. The van der Waals surface area contributed by atoms with Crippen LogP contribution in [0.4, 0.5) is 0 Å². The fraction of sp³-hybridized carbons (Fsp3) is 0.333. The highest BCUT2D eigenvalue weighted by atomic mass is 35.5. The van der Waals surface area contributed by atoms with Gasteiger partial charge in [-0.2, -0.15) is 0 Å². The van der Waals surface area contributed by atoms with Crippen LogP contribution in [-0.4, -0.2) is 24.0 Å². The molecule has 0 saturated carbocycles. The van der Waals surface area contributed by atoms with E-state index in [2.05, 4.69) is 46.6 Å². The van der Waals surface area contributed by atoms with Gasteiger partial charge in [-0.15, -0.1) is 0 Å². The normalized spacial score (nSPS) is 19.0. The molecular formula is C18H21ClN2. The third-order valence-corrected chi connectivity index (χ3v) is 4.24. The first kappa shape index (κ1) is 14.6. The fourth-order valence-electron chi connectivity index (χ4n) is 2.89. The average Bonchev–Trinajstić information content (AvgIpc) is 2.94. The Balaban J connectivity index is 1.46. The number of hydrogen-bond donors (Lipinski definition) is 1. The van der Waals surface area contributed by atoms with Crippen molar-refractivity contribution in [1.29, 1.82) is 0 Å². The van der Waals surface area contributed by atoms with Crippen LogP contribution in [0.15, 0.2) is 54.6 Å². The van der Waals surface area contributed by atoms with Crippen LogP contribution in [0.3, 0.4) is 0 Å². The molecule has 1 N–H and O–H groups in total. The van der Waals surface area contributed by atoms with E-state index >= 15 is 0 Å². The monoisotopic (exact) mass is 300 g/mol. The van der Waals surface area contributed by atoms with Crippen LogP contribution in [0.5, 0.6) is 0 Å². The van der Waals surface area contributed by atoms with Gasteiger partial charge in [0, 0.05) is 37.2 Å². The molecule has 1 atom stereocenters. The van der Waals surface area contributed by atoms with Gasteiger partial charge in [-0.05, 0) is 29.7 Å². The van der Waals surface area contributed by atoms with Gasteiger partial charge in [0.1, 0.15) is 0 Å². The van der Waals surface area contributed by atoms with Gasteiger partial charge >= 0.3 is 0 Å². The Morgan fingerprint density at radius 1 is 1.05 bits per heavy atom. The van der Waals surface area contributed by atoms with Crippen molar-refractivity contribution in [2.24, 2.45) is 0 Å². The molecule has 2 aromatic carbocycles. The van der Waals surface area contributed by atoms with Crippen molar-refractivity contribution >= 4 is 11.6 Å². The molecule has 0 amide bonds. The number of hydrogen-bond acceptors (Lipinski definition) is 2. The zero-order valence-electron chi connectivity index (χ0n) is 12.1. The van der Waals surface area contributed by atoms with Crippen LogP contribution in [0, 0.1) is 0 Å². The SMILES string of the molecule is Clc1cccc(CNC2CCN(Cc3ccccc3)C2)c1. The molecule has 1 unspecified atom stereocenters. The van der Waals surface area contributed by atoms with Crippen molar-refractivity contribution in [2.75, 3.05) is 13.1 Å². The summed E-state index contributed by atoms with van der Waals surface area (Å²) in [5, 5.41) is 4.45. The van der Waals surface area contributed by atoms with E-state index in [1.807, 2.05) is 18.2 Å². The Bertz CT molecular complexity index is 570. The lowest BCUT2D eigenvalue weighted by Crippen LogP contribution is -2.31. The molecule has 3 heteroatoms. The molecule has 1 fully saturated rings. The van der Waals surface area contributed by atoms with E-state index in [1.54, 1.807) is 0 Å². The molecule has 0 aliphatic carbocycles. The third kappa shape index (κ3) is 4.31. The van der Waals surface area contributed by atoms with Crippen LogP contribution >= 0.6 is 11.6 Å². The largest absolute Gasteiger partial charge is 0.309 e. The maximum absolute atomic E-state index is 6.02. The molecule has 2 nitrogen and oxygen atoms in total. The third-order valence-electron chi connectivity index (χ3n) is 4.01. The molecule has 0 bridgehead atoms. The van der Waals surface area contributed by atoms with E-state index in [4.69, 9.17) is 11.6 Å². The van der Waals surface area contributed by atoms with Gasteiger partial charge in [-0.3, -0.25) is 4.90 Å². The highest BCUT2D eigenvalue weighted by molar-refractivity contribution is 6.30. The van der Waals surface area contributed by atoms with Crippen LogP contribution in [-0.2, 0) is 13.1 Å². The van der Waals surface area contributed by atoms with Gasteiger partial charge in [0.15, 0.2) is 0 Å². The Morgan fingerprint density at radius 3 is 2.67 bits per heavy atom. The second-order valence-electron chi connectivity index (χ2n) is 5.72. The molecule has 0 aromatic heterocycles. The minimum absolute atomic E-state index is 0.577. The highest BCUT2D eigenvalue weighted by Crippen LogP contribution is 2.15. The van der Waals surface area contributed by atoms with Gasteiger partial charge < -0.3 is 5.32 Å². The Morgan fingerprint density at radius 2 is 1.86 bits per heavy atom. The van der Waals surface area contributed by atoms with E-state index in [0.717, 1.165) is 24.7 Å². The van der Waals surface area contributed by atoms with E-state index in [1.165, 1.54) is 24.1 Å². The molecule has 110 valence electrons. The summed E-state index contributed by atoms with van der Waals surface area (Å²) in [6.45, 7) is 4.23. The van der Waals surface area contributed by atoms with Crippen molar-refractivity contribution in [2.45, 2.75) is 25.6 Å². The summed E-state index contributed by atoms with van der Waals surface area (Å²) in [6, 6.07) is 19.4. The maximum Gasteiger partial charge on any atom is 0.0409 e. The van der Waals surface area contributed by atoms with Crippen LogP contribution in [0.2, 0.25) is 5.02 Å². The quantitative estimate of drug-likeness (QED) is 0.905. The predicted octanol–water partition coefficient (Wildman–Crippen LogP) is 3.70. The molecular weight excluding hydrogens is 280 g/mol. The lowest BCUT2D eigenvalue weighted by atomic mass is 10.2. The second kappa shape index (κ2) is 7.08. The number of rotatable bonds is 5. The molecule has 1 aliphatic heterocycles. The van der Waals surface area contributed by atoms with Crippen molar-refractivity contribution in [3.8, 4) is 0 Å². The van der Waals surface area contributed by atoms with Crippen molar-refractivity contribution in [1.82, 2.24) is 10.2 Å². The zero-order chi connectivity index (χ0) is 14.5. The summed E-state index contributed by atoms with van der Waals surface area (Å²) in [7, 11) is 0. The van der Waals surface area contributed by atoms with Gasteiger partial charge in [0.05, 0.1) is 0 Å². The van der Waals surface area contributed by atoms with Crippen LogP contribution < -0.4 is 5.32 Å².